The minimum Gasteiger partial charge on any atom is -0.292 e. The second-order valence-corrected chi connectivity index (χ2v) is 7.89. The van der Waals surface area contributed by atoms with Crippen molar-refractivity contribution in [2.24, 2.45) is 0 Å². The molecule has 0 saturated carbocycles. The lowest BCUT2D eigenvalue weighted by atomic mass is 9.82. The van der Waals surface area contributed by atoms with Crippen molar-refractivity contribution in [3.05, 3.63) is 29.1 Å². The van der Waals surface area contributed by atoms with E-state index in [1.165, 1.54) is 10.3 Å². The van der Waals surface area contributed by atoms with Gasteiger partial charge in [-0.1, -0.05) is 0 Å². The van der Waals surface area contributed by atoms with Crippen LogP contribution in [0.2, 0.25) is 0 Å². The van der Waals surface area contributed by atoms with E-state index in [0.29, 0.717) is 0 Å². The van der Waals surface area contributed by atoms with Gasteiger partial charge < -0.3 is 0 Å². The molecule has 2 aromatic rings. The molecule has 0 amide bonds. The minimum absolute atomic E-state index is 0.181. The fourth-order valence-corrected chi connectivity index (χ4v) is 3.37. The van der Waals surface area contributed by atoms with Crippen molar-refractivity contribution >= 4 is 11.9 Å². The molecule has 0 aliphatic rings. The number of aromatic nitrogens is 5. The Morgan fingerprint density at radius 2 is 0.659 bits per heavy atom. The summed E-state index contributed by atoms with van der Waals surface area (Å²) >= 11 is 0. The van der Waals surface area contributed by atoms with Crippen molar-refractivity contribution in [3.63, 3.8) is 0 Å². The van der Waals surface area contributed by atoms with Gasteiger partial charge >= 0.3 is 47.9 Å². The molecule has 6 nitrogen and oxygen atoms in total. The molecule has 2 aromatic heterocycles. The van der Waals surface area contributed by atoms with Crippen LogP contribution in [0.4, 0.5) is 90.9 Å². The Balaban J connectivity index is 3.29. The second-order valence-electron chi connectivity index (χ2n) is 7.89. The average Bonchev–Trinajstić information content (AvgIpc) is 2.60. The van der Waals surface area contributed by atoms with E-state index in [9.17, 15) is 79.0 Å². The van der Waals surface area contributed by atoms with Crippen molar-refractivity contribution in [1.29, 1.82) is 0 Å². The van der Waals surface area contributed by atoms with Crippen LogP contribution in [0.1, 0.15) is 23.0 Å². The fourth-order valence-electron chi connectivity index (χ4n) is 3.37. The first-order chi connectivity index (χ1) is 17.9. The lowest BCUT2D eigenvalue weighted by Crippen LogP contribution is -2.66. The molecular formula is C17H8F18N6. The summed E-state index contributed by atoms with van der Waals surface area (Å²) in [6, 6.07) is 1.08. The molecule has 0 aliphatic heterocycles. The number of rotatable bonds is 4. The lowest BCUT2D eigenvalue weighted by Gasteiger charge is -2.39. The molecule has 0 aromatic carbocycles. The van der Waals surface area contributed by atoms with Crippen LogP contribution < -0.4 is 5.32 Å². The van der Waals surface area contributed by atoms with Gasteiger partial charge in [0, 0.05) is 11.4 Å². The maximum atomic E-state index is 13.6. The molecule has 0 radical (unpaired) electrons. The van der Waals surface area contributed by atoms with Gasteiger partial charge in [-0.25, -0.2) is 15.0 Å². The number of hydrogen-bond donors (Lipinski definition) is 1. The topological polar surface area (TPSA) is 76.5 Å². The number of alkyl halides is 18. The van der Waals surface area contributed by atoms with E-state index in [0.717, 1.165) is 19.9 Å². The number of halogens is 18. The summed E-state index contributed by atoms with van der Waals surface area (Å²) in [4.78, 5) is 12.1. The van der Waals surface area contributed by atoms with Crippen LogP contribution in [-0.4, -0.2) is 62.0 Å². The Labute approximate surface area is 213 Å². The van der Waals surface area contributed by atoms with Crippen LogP contribution in [0, 0.1) is 13.8 Å². The third kappa shape index (κ3) is 5.35. The standard InChI is InChI=1S/C17H8F18N6/c1-4-3-5(2)37-8(36-4)41-9-39-6(10(12(18,19)20,13(21,22)23)14(24,25)26)38-7(40-9)11(15(27,28)29,16(30,31)32)17(33,34)35/h3H,1-2H3,(H,36,37,38,39,40,41). The fraction of sp³-hybridized carbons (Fsp3) is 0.588. The van der Waals surface area contributed by atoms with E-state index in [1.807, 2.05) is 9.97 Å². The number of aryl methyl sites for hydroxylation is 2. The van der Waals surface area contributed by atoms with Crippen molar-refractivity contribution in [2.45, 2.75) is 61.7 Å². The van der Waals surface area contributed by atoms with Gasteiger partial charge in [0.25, 0.3) is 0 Å². The molecule has 0 saturated heterocycles. The molecule has 1 N–H and O–H groups in total. The number of nitrogens with one attached hydrogen (secondary N) is 1. The zero-order valence-corrected chi connectivity index (χ0v) is 19.1. The third-order valence-electron chi connectivity index (χ3n) is 5.06. The van der Waals surface area contributed by atoms with E-state index in [-0.39, 0.29) is 11.4 Å². The van der Waals surface area contributed by atoms with Crippen molar-refractivity contribution in [1.82, 2.24) is 24.9 Å². The SMILES string of the molecule is Cc1cc(C)nc(Nc2nc(C(C(F)(F)F)(C(F)(F)F)C(F)(F)F)nc(C(C(F)(F)F)(C(F)(F)F)C(F)(F)F)n2)n1. The molecule has 0 spiro atoms. The van der Waals surface area contributed by atoms with Crippen LogP contribution in [0.5, 0.6) is 0 Å². The number of hydrogen-bond acceptors (Lipinski definition) is 6. The smallest absolute Gasteiger partial charge is 0.292 e. The quantitative estimate of drug-likeness (QED) is 0.369. The third-order valence-corrected chi connectivity index (χ3v) is 5.06. The predicted octanol–water partition coefficient (Wildman–Crippen LogP) is 6.87. The highest BCUT2D eigenvalue weighted by Crippen LogP contribution is 2.62. The molecule has 232 valence electrons. The van der Waals surface area contributed by atoms with E-state index < -0.39 is 71.4 Å². The molecule has 0 aliphatic carbocycles. The van der Waals surface area contributed by atoms with Crippen LogP contribution in [0.25, 0.3) is 0 Å². The zero-order valence-electron chi connectivity index (χ0n) is 19.1. The minimum atomic E-state index is -7.77. The molecule has 2 heterocycles. The first kappa shape index (κ1) is 33.8. The highest BCUT2D eigenvalue weighted by atomic mass is 19.4. The maximum Gasteiger partial charge on any atom is 0.419 e. The summed E-state index contributed by atoms with van der Waals surface area (Å²) in [7, 11) is 0. The monoisotopic (exact) mass is 638 g/mol. The van der Waals surface area contributed by atoms with E-state index in [2.05, 4.69) is 9.97 Å². The van der Waals surface area contributed by atoms with E-state index >= 15 is 0 Å². The summed E-state index contributed by atoms with van der Waals surface area (Å²) in [5, 5.41) is 1.23. The largest absolute Gasteiger partial charge is 0.419 e. The van der Waals surface area contributed by atoms with Gasteiger partial charge in [0.2, 0.25) is 11.9 Å². The van der Waals surface area contributed by atoms with Gasteiger partial charge in [-0.15, -0.1) is 0 Å². The number of nitrogens with zero attached hydrogens (tertiary/aromatic N) is 5. The summed E-state index contributed by atoms with van der Waals surface area (Å²) < 4.78 is 245. The zero-order chi connectivity index (χ0) is 32.4. The molecule has 41 heavy (non-hydrogen) atoms. The Morgan fingerprint density at radius 1 is 0.415 bits per heavy atom. The maximum absolute atomic E-state index is 13.6. The van der Waals surface area contributed by atoms with Gasteiger partial charge in [-0.2, -0.15) is 89.0 Å². The van der Waals surface area contributed by atoms with Crippen LogP contribution in [0.15, 0.2) is 6.07 Å². The second kappa shape index (κ2) is 9.59. The van der Waals surface area contributed by atoms with Crippen molar-refractivity contribution in [2.75, 3.05) is 5.32 Å². The van der Waals surface area contributed by atoms with E-state index in [4.69, 9.17) is 0 Å². The molecular weight excluding hydrogens is 630 g/mol. The highest BCUT2D eigenvalue weighted by Gasteiger charge is 2.89. The molecule has 0 atom stereocenters. The first-order valence-electron chi connectivity index (χ1n) is 9.72. The Hall–Kier alpha value is -3.37. The molecule has 0 fully saturated rings. The van der Waals surface area contributed by atoms with Crippen molar-refractivity contribution in [3.8, 4) is 0 Å². The van der Waals surface area contributed by atoms with Gasteiger partial charge in [0.1, 0.15) is 0 Å². The summed E-state index contributed by atoms with van der Waals surface area (Å²) in [5.74, 6) is -11.8. The van der Waals surface area contributed by atoms with Crippen molar-refractivity contribution < 1.29 is 79.0 Å². The highest BCUT2D eigenvalue weighted by molar-refractivity contribution is 5.45. The van der Waals surface area contributed by atoms with Gasteiger partial charge in [0.15, 0.2) is 11.6 Å². The summed E-state index contributed by atoms with van der Waals surface area (Å²) in [6.07, 6.45) is -46.6. The Bertz CT molecular complexity index is 1110. The Kier molecular flexibility index (Phi) is 7.91. The molecule has 2 rings (SSSR count). The Morgan fingerprint density at radius 3 is 0.902 bits per heavy atom. The average molecular weight is 638 g/mol. The summed E-state index contributed by atoms with van der Waals surface area (Å²) in [6.45, 7) is 2.18. The normalized spacial score (nSPS) is 14.8. The first-order valence-corrected chi connectivity index (χ1v) is 9.72. The molecule has 0 unspecified atom stereocenters. The predicted molar refractivity (Wildman–Crippen MR) is 94.3 cm³/mol. The summed E-state index contributed by atoms with van der Waals surface area (Å²) in [5.41, 5.74) is -15.4. The van der Waals surface area contributed by atoms with Crippen LogP contribution in [-0.2, 0) is 10.8 Å². The number of anilines is 2. The molecule has 24 heteroatoms. The van der Waals surface area contributed by atoms with E-state index in [1.54, 1.807) is 0 Å². The van der Waals surface area contributed by atoms with Gasteiger partial charge in [0.05, 0.1) is 0 Å². The van der Waals surface area contributed by atoms with Gasteiger partial charge in [-0.05, 0) is 19.9 Å². The van der Waals surface area contributed by atoms with Crippen LogP contribution in [0.3, 0.4) is 0 Å². The van der Waals surface area contributed by atoms with Gasteiger partial charge in [-0.3, -0.25) is 5.32 Å². The lowest BCUT2D eigenvalue weighted by molar-refractivity contribution is -0.391. The molecule has 0 bridgehead atoms. The van der Waals surface area contributed by atoms with Crippen LogP contribution >= 0.6 is 0 Å².